The molecule has 0 aliphatic heterocycles. The van der Waals surface area contributed by atoms with Crippen LogP contribution in [-0.2, 0) is 4.74 Å². The number of ether oxygens (including phenoxy) is 1. The lowest BCUT2D eigenvalue weighted by molar-refractivity contribution is 0.0429. The van der Waals surface area contributed by atoms with Crippen molar-refractivity contribution in [3.8, 4) is 0 Å². The Balaban J connectivity index is 2.17. The van der Waals surface area contributed by atoms with Crippen LogP contribution in [0.3, 0.4) is 0 Å². The number of unbranched alkanes of at least 4 members (excludes halogenated alkanes) is 2. The smallest absolute Gasteiger partial charge is 0.0648 e. The van der Waals surface area contributed by atoms with E-state index in [0.29, 0.717) is 6.10 Å². The fourth-order valence-corrected chi connectivity index (χ4v) is 2.40. The maximum atomic E-state index is 5.78. The van der Waals surface area contributed by atoms with Crippen molar-refractivity contribution in [3.63, 3.8) is 0 Å². The SMILES string of the molecule is C=CCOC1CCCC1CCCCC. The van der Waals surface area contributed by atoms with Gasteiger partial charge in [-0.05, 0) is 25.2 Å². The summed E-state index contributed by atoms with van der Waals surface area (Å²) in [6.07, 6.45) is 11.9. The Labute approximate surface area is 88.5 Å². The van der Waals surface area contributed by atoms with Crippen molar-refractivity contribution in [1.82, 2.24) is 0 Å². The van der Waals surface area contributed by atoms with E-state index in [9.17, 15) is 0 Å². The molecule has 1 saturated carbocycles. The van der Waals surface area contributed by atoms with Crippen molar-refractivity contribution in [3.05, 3.63) is 12.7 Å². The summed E-state index contributed by atoms with van der Waals surface area (Å²) in [5.74, 6) is 0.835. The number of rotatable bonds is 7. The molecule has 0 aromatic rings. The van der Waals surface area contributed by atoms with Gasteiger partial charge < -0.3 is 4.74 Å². The van der Waals surface area contributed by atoms with Gasteiger partial charge in [0.15, 0.2) is 0 Å². The van der Waals surface area contributed by atoms with Gasteiger partial charge in [0.25, 0.3) is 0 Å². The summed E-state index contributed by atoms with van der Waals surface area (Å²) in [4.78, 5) is 0. The molecular weight excluding hydrogens is 172 g/mol. The third-order valence-corrected chi connectivity index (χ3v) is 3.20. The minimum absolute atomic E-state index is 0.532. The molecule has 0 aromatic heterocycles. The molecule has 2 unspecified atom stereocenters. The monoisotopic (exact) mass is 196 g/mol. The predicted molar refractivity (Wildman–Crippen MR) is 61.4 cm³/mol. The average molecular weight is 196 g/mol. The molecule has 0 saturated heterocycles. The first kappa shape index (κ1) is 11.8. The summed E-state index contributed by atoms with van der Waals surface area (Å²) in [5.41, 5.74) is 0. The number of hydrogen-bond donors (Lipinski definition) is 0. The van der Waals surface area contributed by atoms with Gasteiger partial charge in [-0.3, -0.25) is 0 Å². The lowest BCUT2D eigenvalue weighted by Crippen LogP contribution is -2.18. The van der Waals surface area contributed by atoms with E-state index in [1.807, 2.05) is 6.08 Å². The molecule has 1 rings (SSSR count). The van der Waals surface area contributed by atoms with Gasteiger partial charge in [0.05, 0.1) is 12.7 Å². The van der Waals surface area contributed by atoms with Crippen LogP contribution in [0.1, 0.15) is 51.9 Å². The van der Waals surface area contributed by atoms with E-state index in [4.69, 9.17) is 4.74 Å². The van der Waals surface area contributed by atoms with Crippen LogP contribution < -0.4 is 0 Å². The highest BCUT2D eigenvalue weighted by Gasteiger charge is 2.26. The van der Waals surface area contributed by atoms with Crippen LogP contribution in [0.5, 0.6) is 0 Å². The molecule has 1 nitrogen and oxygen atoms in total. The largest absolute Gasteiger partial charge is 0.374 e. The highest BCUT2D eigenvalue weighted by molar-refractivity contribution is 4.79. The van der Waals surface area contributed by atoms with Crippen LogP contribution in [0, 0.1) is 5.92 Å². The Morgan fingerprint density at radius 1 is 1.36 bits per heavy atom. The Morgan fingerprint density at radius 3 is 2.93 bits per heavy atom. The van der Waals surface area contributed by atoms with Gasteiger partial charge in [0, 0.05) is 0 Å². The lowest BCUT2D eigenvalue weighted by Gasteiger charge is -2.19. The van der Waals surface area contributed by atoms with Crippen molar-refractivity contribution in [2.45, 2.75) is 58.0 Å². The topological polar surface area (TPSA) is 9.23 Å². The first-order valence-corrected chi connectivity index (χ1v) is 6.11. The van der Waals surface area contributed by atoms with Gasteiger partial charge in [-0.15, -0.1) is 6.58 Å². The molecule has 2 atom stereocenters. The third kappa shape index (κ3) is 3.83. The van der Waals surface area contributed by atoms with Crippen LogP contribution >= 0.6 is 0 Å². The zero-order valence-corrected chi connectivity index (χ0v) is 9.50. The second kappa shape index (κ2) is 7.05. The van der Waals surface area contributed by atoms with E-state index < -0.39 is 0 Å². The van der Waals surface area contributed by atoms with E-state index >= 15 is 0 Å². The summed E-state index contributed by atoms with van der Waals surface area (Å²) in [7, 11) is 0. The fourth-order valence-electron chi connectivity index (χ4n) is 2.40. The minimum atomic E-state index is 0.532. The lowest BCUT2D eigenvalue weighted by atomic mass is 9.98. The van der Waals surface area contributed by atoms with Gasteiger partial charge in [-0.25, -0.2) is 0 Å². The molecule has 1 heteroatoms. The van der Waals surface area contributed by atoms with Crippen molar-refractivity contribution >= 4 is 0 Å². The second-order valence-corrected chi connectivity index (χ2v) is 4.35. The van der Waals surface area contributed by atoms with Crippen molar-refractivity contribution in [2.75, 3.05) is 6.61 Å². The quantitative estimate of drug-likeness (QED) is 0.442. The molecule has 0 radical (unpaired) electrons. The van der Waals surface area contributed by atoms with Gasteiger partial charge >= 0.3 is 0 Å². The molecule has 0 spiro atoms. The van der Waals surface area contributed by atoms with Gasteiger partial charge in [0.1, 0.15) is 0 Å². The third-order valence-electron chi connectivity index (χ3n) is 3.20. The average Bonchev–Trinajstić information content (AvgIpc) is 2.63. The first-order chi connectivity index (χ1) is 6.88. The second-order valence-electron chi connectivity index (χ2n) is 4.35. The van der Waals surface area contributed by atoms with Crippen LogP contribution in [0.4, 0.5) is 0 Å². The Morgan fingerprint density at radius 2 is 2.21 bits per heavy atom. The maximum absolute atomic E-state index is 5.78. The van der Waals surface area contributed by atoms with E-state index in [2.05, 4.69) is 13.5 Å². The standard InChI is InChI=1S/C13H24O/c1-3-5-6-8-12-9-7-10-13(12)14-11-4-2/h4,12-13H,2-3,5-11H2,1H3. The Kier molecular flexibility index (Phi) is 5.93. The van der Waals surface area contributed by atoms with Gasteiger partial charge in [0.2, 0.25) is 0 Å². The van der Waals surface area contributed by atoms with Crippen LogP contribution in [0.2, 0.25) is 0 Å². The minimum Gasteiger partial charge on any atom is -0.374 e. The highest BCUT2D eigenvalue weighted by Crippen LogP contribution is 2.32. The summed E-state index contributed by atoms with van der Waals surface area (Å²) >= 11 is 0. The number of hydrogen-bond acceptors (Lipinski definition) is 1. The van der Waals surface area contributed by atoms with Gasteiger partial charge in [-0.1, -0.05) is 38.7 Å². The van der Waals surface area contributed by atoms with Gasteiger partial charge in [-0.2, -0.15) is 0 Å². The molecule has 0 heterocycles. The van der Waals surface area contributed by atoms with Crippen LogP contribution in [-0.4, -0.2) is 12.7 Å². The van der Waals surface area contributed by atoms with E-state index in [1.165, 1.54) is 44.9 Å². The molecule has 1 aliphatic carbocycles. The zero-order chi connectivity index (χ0) is 10.2. The molecule has 1 aliphatic rings. The predicted octanol–water partition coefficient (Wildman–Crippen LogP) is 3.94. The van der Waals surface area contributed by atoms with Crippen molar-refractivity contribution in [1.29, 1.82) is 0 Å². The molecule has 14 heavy (non-hydrogen) atoms. The van der Waals surface area contributed by atoms with E-state index in [-0.39, 0.29) is 0 Å². The first-order valence-electron chi connectivity index (χ1n) is 6.11. The summed E-state index contributed by atoms with van der Waals surface area (Å²) in [5, 5.41) is 0. The highest BCUT2D eigenvalue weighted by atomic mass is 16.5. The van der Waals surface area contributed by atoms with Crippen molar-refractivity contribution < 1.29 is 4.74 Å². The zero-order valence-electron chi connectivity index (χ0n) is 9.50. The molecule has 0 bridgehead atoms. The molecule has 1 fully saturated rings. The van der Waals surface area contributed by atoms with E-state index in [1.54, 1.807) is 0 Å². The molecule has 0 aromatic carbocycles. The Hall–Kier alpha value is -0.300. The van der Waals surface area contributed by atoms with Crippen LogP contribution in [0.15, 0.2) is 12.7 Å². The maximum Gasteiger partial charge on any atom is 0.0648 e. The molecule has 82 valence electrons. The van der Waals surface area contributed by atoms with Crippen molar-refractivity contribution in [2.24, 2.45) is 5.92 Å². The fraction of sp³-hybridized carbons (Fsp3) is 0.846. The summed E-state index contributed by atoms with van der Waals surface area (Å²) < 4.78 is 5.78. The molecule has 0 amide bonds. The summed E-state index contributed by atoms with van der Waals surface area (Å²) in [6, 6.07) is 0. The molecular formula is C13H24O. The Bertz CT molecular complexity index is 153. The van der Waals surface area contributed by atoms with E-state index in [0.717, 1.165) is 12.5 Å². The molecule has 0 N–H and O–H groups in total. The normalized spacial score (nSPS) is 26.6. The van der Waals surface area contributed by atoms with Crippen LogP contribution in [0.25, 0.3) is 0 Å². The summed E-state index contributed by atoms with van der Waals surface area (Å²) in [6.45, 7) is 6.69.